The number of halogens is 1. The van der Waals surface area contributed by atoms with E-state index in [2.05, 4.69) is 15.9 Å². The second-order valence-electron chi connectivity index (χ2n) is 5.37. The molecule has 1 amide bonds. The van der Waals surface area contributed by atoms with E-state index in [1.165, 1.54) is 7.11 Å². The average molecular weight is 374 g/mol. The molecule has 2 aromatic carbocycles. The van der Waals surface area contributed by atoms with Gasteiger partial charge in [-0.2, -0.15) is 0 Å². The van der Waals surface area contributed by atoms with Gasteiger partial charge < -0.3 is 4.74 Å². The Labute approximate surface area is 143 Å². The molecule has 0 aliphatic carbocycles. The number of rotatable bonds is 3. The smallest absolute Gasteiger partial charge is 0.333 e. The van der Waals surface area contributed by atoms with Crippen molar-refractivity contribution in [2.24, 2.45) is 0 Å². The Bertz CT molecular complexity index is 745. The van der Waals surface area contributed by atoms with Gasteiger partial charge in [0, 0.05) is 16.6 Å². The zero-order valence-corrected chi connectivity index (χ0v) is 14.2. The van der Waals surface area contributed by atoms with Crippen molar-refractivity contribution < 1.29 is 14.3 Å². The van der Waals surface area contributed by atoms with Crippen LogP contribution < -0.4 is 4.90 Å². The van der Waals surface area contributed by atoms with Gasteiger partial charge in [0.25, 0.3) is 0 Å². The number of nitrogens with zero attached hydrogens (tertiary/aromatic N) is 1. The molecule has 1 aliphatic rings. The van der Waals surface area contributed by atoms with Crippen molar-refractivity contribution in [2.75, 3.05) is 12.0 Å². The van der Waals surface area contributed by atoms with E-state index in [0.717, 1.165) is 21.3 Å². The van der Waals surface area contributed by atoms with E-state index in [9.17, 15) is 9.59 Å². The molecule has 0 bridgehead atoms. The van der Waals surface area contributed by atoms with E-state index >= 15 is 0 Å². The van der Waals surface area contributed by atoms with Gasteiger partial charge in [-0.15, -0.1) is 0 Å². The van der Waals surface area contributed by atoms with Crippen LogP contribution in [-0.2, 0) is 20.7 Å². The number of ether oxygens (including phenoxy) is 1. The first-order valence-corrected chi connectivity index (χ1v) is 8.14. The highest BCUT2D eigenvalue weighted by Crippen LogP contribution is 2.36. The number of aryl methyl sites for hydroxylation is 1. The quantitative estimate of drug-likeness (QED) is 0.771. The molecule has 2 aromatic rings. The highest BCUT2D eigenvalue weighted by atomic mass is 79.9. The minimum atomic E-state index is -0.770. The number of esters is 1. The normalized spacial score (nSPS) is 15.0. The molecule has 1 aliphatic heterocycles. The highest BCUT2D eigenvalue weighted by Gasteiger charge is 2.36. The maximum Gasteiger partial charge on any atom is 0.333 e. The fourth-order valence-corrected chi connectivity index (χ4v) is 3.31. The van der Waals surface area contributed by atoms with Gasteiger partial charge in [-0.1, -0.05) is 46.3 Å². The molecule has 0 fully saturated rings. The zero-order chi connectivity index (χ0) is 16.4. The number of fused-ring (bicyclic) bond motifs is 1. The number of hydrogen-bond donors (Lipinski definition) is 0. The first-order chi connectivity index (χ1) is 11.1. The summed E-state index contributed by atoms with van der Waals surface area (Å²) in [6.45, 7) is 0. The topological polar surface area (TPSA) is 46.6 Å². The lowest BCUT2D eigenvalue weighted by Crippen LogP contribution is -2.42. The molecule has 118 valence electrons. The summed E-state index contributed by atoms with van der Waals surface area (Å²) < 4.78 is 5.92. The van der Waals surface area contributed by atoms with Crippen LogP contribution in [0.1, 0.15) is 23.6 Å². The van der Waals surface area contributed by atoms with Crippen molar-refractivity contribution in [3.8, 4) is 0 Å². The Morgan fingerprint density at radius 1 is 1.17 bits per heavy atom. The lowest BCUT2D eigenvalue weighted by molar-refractivity contribution is -0.143. The predicted molar refractivity (Wildman–Crippen MR) is 91.1 cm³/mol. The molecule has 0 saturated heterocycles. The summed E-state index contributed by atoms with van der Waals surface area (Å²) >= 11 is 3.45. The molecule has 0 spiro atoms. The lowest BCUT2D eigenvalue weighted by atomic mass is 9.96. The van der Waals surface area contributed by atoms with Crippen molar-refractivity contribution in [1.29, 1.82) is 0 Å². The Morgan fingerprint density at radius 3 is 2.61 bits per heavy atom. The second-order valence-corrected chi connectivity index (χ2v) is 6.29. The van der Waals surface area contributed by atoms with E-state index in [1.54, 1.807) is 4.90 Å². The van der Waals surface area contributed by atoms with Crippen LogP contribution in [0.25, 0.3) is 0 Å². The summed E-state index contributed by atoms with van der Waals surface area (Å²) in [6, 6.07) is 14.2. The first-order valence-electron chi connectivity index (χ1n) is 7.35. The van der Waals surface area contributed by atoms with Gasteiger partial charge in [0.2, 0.25) is 5.91 Å². The maximum absolute atomic E-state index is 12.6. The summed E-state index contributed by atoms with van der Waals surface area (Å²) in [7, 11) is 1.34. The van der Waals surface area contributed by atoms with Gasteiger partial charge in [-0.3, -0.25) is 9.69 Å². The van der Waals surface area contributed by atoms with Gasteiger partial charge in [0.15, 0.2) is 6.04 Å². The summed E-state index contributed by atoms with van der Waals surface area (Å²) in [5.74, 6) is -0.514. The number of benzene rings is 2. The molecule has 0 aromatic heterocycles. The van der Waals surface area contributed by atoms with Crippen LogP contribution in [0.4, 0.5) is 5.69 Å². The van der Waals surface area contributed by atoms with Crippen LogP contribution in [0.5, 0.6) is 0 Å². The molecule has 3 rings (SSSR count). The van der Waals surface area contributed by atoms with E-state index in [-0.39, 0.29) is 5.91 Å². The van der Waals surface area contributed by atoms with Crippen LogP contribution >= 0.6 is 15.9 Å². The fraction of sp³-hybridized carbons (Fsp3) is 0.222. The van der Waals surface area contributed by atoms with Gasteiger partial charge in [-0.05, 0) is 35.7 Å². The molecule has 1 heterocycles. The third-order valence-corrected chi connectivity index (χ3v) is 4.47. The number of carbonyl (C=O) groups excluding carboxylic acids is 2. The number of carbonyl (C=O) groups is 2. The molecular formula is C18H16BrNO3. The molecule has 0 saturated carbocycles. The van der Waals surface area contributed by atoms with Crippen molar-refractivity contribution in [2.45, 2.75) is 18.9 Å². The third-order valence-electron chi connectivity index (χ3n) is 3.98. The van der Waals surface area contributed by atoms with Crippen LogP contribution in [0.2, 0.25) is 0 Å². The SMILES string of the molecule is COC(=O)C(c1ccccc1)N1C(=O)CCc2cc(Br)ccc21. The minimum Gasteiger partial charge on any atom is -0.467 e. The Balaban J connectivity index is 2.13. The summed E-state index contributed by atoms with van der Waals surface area (Å²) in [4.78, 5) is 26.6. The van der Waals surface area contributed by atoms with E-state index in [0.29, 0.717) is 12.8 Å². The zero-order valence-electron chi connectivity index (χ0n) is 12.7. The van der Waals surface area contributed by atoms with E-state index in [1.807, 2.05) is 48.5 Å². The predicted octanol–water partition coefficient (Wildman–Crippen LogP) is 3.64. The Hall–Kier alpha value is -2.14. The maximum atomic E-state index is 12.6. The van der Waals surface area contributed by atoms with Gasteiger partial charge in [0.1, 0.15) is 0 Å². The standard InChI is InChI=1S/C18H16BrNO3/c1-23-18(22)17(12-5-3-2-4-6-12)20-15-9-8-14(19)11-13(15)7-10-16(20)21/h2-6,8-9,11,17H,7,10H2,1H3. The molecule has 4 nitrogen and oxygen atoms in total. The highest BCUT2D eigenvalue weighted by molar-refractivity contribution is 9.10. The van der Waals surface area contributed by atoms with Crippen LogP contribution in [0.3, 0.4) is 0 Å². The lowest BCUT2D eigenvalue weighted by Gasteiger charge is -2.35. The summed E-state index contributed by atoms with van der Waals surface area (Å²) in [6.07, 6.45) is 1.05. The van der Waals surface area contributed by atoms with Crippen LogP contribution in [-0.4, -0.2) is 19.0 Å². The third kappa shape index (κ3) is 3.01. The molecular weight excluding hydrogens is 358 g/mol. The van der Waals surface area contributed by atoms with Crippen molar-refractivity contribution in [3.63, 3.8) is 0 Å². The first kappa shape index (κ1) is 15.7. The Morgan fingerprint density at radius 2 is 1.91 bits per heavy atom. The largest absolute Gasteiger partial charge is 0.467 e. The van der Waals surface area contributed by atoms with Crippen molar-refractivity contribution >= 4 is 33.5 Å². The van der Waals surface area contributed by atoms with Crippen molar-refractivity contribution in [1.82, 2.24) is 0 Å². The second kappa shape index (κ2) is 6.54. The molecule has 1 atom stereocenters. The van der Waals surface area contributed by atoms with Gasteiger partial charge in [-0.25, -0.2) is 4.79 Å². The van der Waals surface area contributed by atoms with Crippen molar-refractivity contribution in [3.05, 3.63) is 64.1 Å². The monoisotopic (exact) mass is 373 g/mol. The molecule has 0 radical (unpaired) electrons. The van der Waals surface area contributed by atoms with Crippen LogP contribution in [0, 0.1) is 0 Å². The summed E-state index contributed by atoms with van der Waals surface area (Å²) in [5.41, 5.74) is 2.55. The molecule has 0 N–H and O–H groups in total. The minimum absolute atomic E-state index is 0.0703. The van der Waals surface area contributed by atoms with Crippen LogP contribution in [0.15, 0.2) is 53.0 Å². The average Bonchev–Trinajstić information content (AvgIpc) is 2.58. The fourth-order valence-electron chi connectivity index (χ4n) is 2.91. The molecule has 23 heavy (non-hydrogen) atoms. The number of hydrogen-bond acceptors (Lipinski definition) is 3. The molecule has 5 heteroatoms. The van der Waals surface area contributed by atoms with E-state index < -0.39 is 12.0 Å². The number of anilines is 1. The van der Waals surface area contributed by atoms with E-state index in [4.69, 9.17) is 4.74 Å². The van der Waals surface area contributed by atoms with Gasteiger partial charge in [0.05, 0.1) is 7.11 Å². The molecule has 1 unspecified atom stereocenters. The summed E-state index contributed by atoms with van der Waals surface area (Å²) in [5, 5.41) is 0. The number of methoxy groups -OCH3 is 1. The Kier molecular flexibility index (Phi) is 4.48. The number of amides is 1. The van der Waals surface area contributed by atoms with Gasteiger partial charge >= 0.3 is 5.97 Å².